The minimum atomic E-state index is 0.562. The molecule has 0 aromatic heterocycles. The van der Waals surface area contributed by atoms with Crippen molar-refractivity contribution in [1.82, 2.24) is 4.90 Å². The molecule has 1 spiro atoms. The molecule has 0 N–H and O–H groups in total. The maximum atomic E-state index is 5.36. The van der Waals surface area contributed by atoms with Gasteiger partial charge < -0.3 is 4.74 Å². The average molecular weight is 173 g/mol. The molecule has 2 fully saturated rings. The second-order valence-electron chi connectivity index (χ2n) is 3.58. The van der Waals surface area contributed by atoms with Crippen LogP contribution in [0, 0.1) is 0 Å². The molecule has 0 bridgehead atoms. The lowest BCUT2D eigenvalue weighted by molar-refractivity contribution is 0.0738. The van der Waals surface area contributed by atoms with E-state index in [4.69, 9.17) is 4.74 Å². The lowest BCUT2D eigenvalue weighted by Gasteiger charge is -2.31. The van der Waals surface area contributed by atoms with Crippen molar-refractivity contribution < 1.29 is 4.74 Å². The van der Waals surface area contributed by atoms with E-state index >= 15 is 0 Å². The molecule has 0 aromatic rings. The average Bonchev–Trinajstić information content (AvgIpc) is 2.34. The predicted molar refractivity (Wildman–Crippen MR) is 47.9 cm³/mol. The van der Waals surface area contributed by atoms with Gasteiger partial charge in [-0.15, -0.1) is 11.8 Å². The third-order valence-electron chi connectivity index (χ3n) is 2.55. The summed E-state index contributed by atoms with van der Waals surface area (Å²) >= 11 is 2.12. The van der Waals surface area contributed by atoms with Gasteiger partial charge in [-0.1, -0.05) is 0 Å². The van der Waals surface area contributed by atoms with Gasteiger partial charge in [0.05, 0.1) is 0 Å². The van der Waals surface area contributed by atoms with E-state index in [-0.39, 0.29) is 0 Å². The number of nitrogens with zero attached hydrogens (tertiary/aromatic N) is 1. The van der Waals surface area contributed by atoms with Crippen LogP contribution in [-0.2, 0) is 4.74 Å². The normalized spacial score (nSPS) is 31.4. The van der Waals surface area contributed by atoms with Gasteiger partial charge in [-0.3, -0.25) is 4.90 Å². The summed E-state index contributed by atoms with van der Waals surface area (Å²) in [6.45, 7) is 3.21. The topological polar surface area (TPSA) is 12.5 Å². The van der Waals surface area contributed by atoms with Crippen LogP contribution in [0.2, 0.25) is 0 Å². The number of thioether (sulfide) groups is 1. The molecule has 0 unspecified atom stereocenters. The summed E-state index contributed by atoms with van der Waals surface area (Å²) in [4.78, 5) is 2.41. The molecular formula is C8H15NOS. The summed E-state index contributed by atoms with van der Waals surface area (Å²) in [5.74, 6) is 1.21. The lowest BCUT2D eigenvalue weighted by Crippen LogP contribution is -2.36. The van der Waals surface area contributed by atoms with E-state index in [0.29, 0.717) is 4.75 Å². The quantitative estimate of drug-likeness (QED) is 0.545. The largest absolute Gasteiger partial charge is 0.381 e. The van der Waals surface area contributed by atoms with Crippen molar-refractivity contribution in [3.05, 3.63) is 0 Å². The number of hydrogen-bond donors (Lipinski definition) is 0. The van der Waals surface area contributed by atoms with Crippen molar-refractivity contribution >= 4 is 11.8 Å². The molecule has 2 aliphatic heterocycles. The Labute approximate surface area is 72.3 Å². The van der Waals surface area contributed by atoms with Crippen molar-refractivity contribution in [3.8, 4) is 0 Å². The third-order valence-corrected chi connectivity index (χ3v) is 4.27. The molecule has 2 saturated heterocycles. The van der Waals surface area contributed by atoms with Gasteiger partial charge in [-0.2, -0.15) is 0 Å². The standard InChI is InChI=1S/C8H15NOS/c1-9-6-8(11-7-9)2-4-10-5-3-8/h2-7H2,1H3. The van der Waals surface area contributed by atoms with Crippen LogP contribution in [0.4, 0.5) is 0 Å². The fraction of sp³-hybridized carbons (Fsp3) is 1.00. The van der Waals surface area contributed by atoms with E-state index in [2.05, 4.69) is 23.7 Å². The van der Waals surface area contributed by atoms with Crippen LogP contribution < -0.4 is 0 Å². The molecule has 0 radical (unpaired) electrons. The molecule has 2 aliphatic rings. The van der Waals surface area contributed by atoms with Crippen LogP contribution in [0.15, 0.2) is 0 Å². The van der Waals surface area contributed by atoms with Gasteiger partial charge in [0.15, 0.2) is 0 Å². The Kier molecular flexibility index (Phi) is 2.12. The van der Waals surface area contributed by atoms with Gasteiger partial charge in [0.2, 0.25) is 0 Å². The van der Waals surface area contributed by atoms with Crippen LogP contribution in [0.1, 0.15) is 12.8 Å². The van der Waals surface area contributed by atoms with Crippen molar-refractivity contribution in [3.63, 3.8) is 0 Å². The second kappa shape index (κ2) is 2.96. The van der Waals surface area contributed by atoms with E-state index in [1.165, 1.54) is 25.3 Å². The smallest absolute Gasteiger partial charge is 0.0479 e. The van der Waals surface area contributed by atoms with Crippen LogP contribution in [0.25, 0.3) is 0 Å². The van der Waals surface area contributed by atoms with Crippen molar-refractivity contribution in [2.24, 2.45) is 0 Å². The Balaban J connectivity index is 1.98. The highest BCUT2D eigenvalue weighted by Crippen LogP contribution is 2.40. The molecule has 0 aromatic carbocycles. The summed E-state index contributed by atoms with van der Waals surface area (Å²) in [6, 6.07) is 0. The molecule has 0 aliphatic carbocycles. The minimum Gasteiger partial charge on any atom is -0.381 e. The number of hydrogen-bond acceptors (Lipinski definition) is 3. The fourth-order valence-corrected chi connectivity index (χ4v) is 3.23. The zero-order valence-corrected chi connectivity index (χ0v) is 7.82. The molecule has 2 rings (SSSR count). The molecule has 2 heterocycles. The maximum Gasteiger partial charge on any atom is 0.0479 e. The first kappa shape index (κ1) is 7.90. The molecular weight excluding hydrogens is 158 g/mol. The van der Waals surface area contributed by atoms with Crippen molar-refractivity contribution in [1.29, 1.82) is 0 Å². The van der Waals surface area contributed by atoms with E-state index in [0.717, 1.165) is 13.2 Å². The van der Waals surface area contributed by atoms with Crippen molar-refractivity contribution in [2.75, 3.05) is 32.7 Å². The van der Waals surface area contributed by atoms with Gasteiger partial charge in [0.1, 0.15) is 0 Å². The Bertz CT molecular complexity index is 140. The first-order valence-corrected chi connectivity index (χ1v) is 5.20. The van der Waals surface area contributed by atoms with E-state index in [1.54, 1.807) is 0 Å². The summed E-state index contributed by atoms with van der Waals surface area (Å²) in [5.41, 5.74) is 0. The number of ether oxygens (including phenoxy) is 1. The lowest BCUT2D eigenvalue weighted by atomic mass is 9.99. The summed E-state index contributed by atoms with van der Waals surface area (Å²) < 4.78 is 5.92. The Morgan fingerprint density at radius 2 is 2.09 bits per heavy atom. The predicted octanol–water partition coefficient (Wildman–Crippen LogP) is 1.17. The van der Waals surface area contributed by atoms with E-state index in [1.807, 2.05) is 0 Å². The molecule has 2 nitrogen and oxygen atoms in total. The molecule has 3 heteroatoms. The van der Waals surface area contributed by atoms with Crippen LogP contribution >= 0.6 is 11.8 Å². The first-order chi connectivity index (χ1) is 5.31. The minimum absolute atomic E-state index is 0.562. The zero-order chi connectivity index (χ0) is 7.73. The second-order valence-corrected chi connectivity index (χ2v) is 5.00. The molecule has 11 heavy (non-hydrogen) atoms. The molecule has 0 amide bonds. The Hall–Kier alpha value is 0.270. The van der Waals surface area contributed by atoms with Crippen LogP contribution in [-0.4, -0.2) is 42.3 Å². The van der Waals surface area contributed by atoms with Crippen LogP contribution in [0.3, 0.4) is 0 Å². The van der Waals surface area contributed by atoms with Crippen LogP contribution in [0.5, 0.6) is 0 Å². The molecule has 0 atom stereocenters. The summed E-state index contributed by atoms with van der Waals surface area (Å²) in [6.07, 6.45) is 2.50. The molecule has 0 saturated carbocycles. The van der Waals surface area contributed by atoms with Gasteiger partial charge >= 0.3 is 0 Å². The monoisotopic (exact) mass is 173 g/mol. The maximum absolute atomic E-state index is 5.36. The summed E-state index contributed by atoms with van der Waals surface area (Å²) in [5, 5.41) is 0. The fourth-order valence-electron chi connectivity index (χ4n) is 1.88. The van der Waals surface area contributed by atoms with E-state index < -0.39 is 0 Å². The van der Waals surface area contributed by atoms with Gasteiger partial charge in [0.25, 0.3) is 0 Å². The highest BCUT2D eigenvalue weighted by molar-refractivity contribution is 8.00. The summed E-state index contributed by atoms with van der Waals surface area (Å²) in [7, 11) is 2.21. The zero-order valence-electron chi connectivity index (χ0n) is 7.01. The van der Waals surface area contributed by atoms with Gasteiger partial charge in [-0.25, -0.2) is 0 Å². The molecule has 64 valence electrons. The number of rotatable bonds is 0. The van der Waals surface area contributed by atoms with Gasteiger partial charge in [-0.05, 0) is 19.9 Å². The highest BCUT2D eigenvalue weighted by Gasteiger charge is 2.38. The first-order valence-electron chi connectivity index (χ1n) is 4.21. The SMILES string of the molecule is CN1CSC2(CCOCC2)C1. The Morgan fingerprint density at radius 1 is 1.36 bits per heavy atom. The third kappa shape index (κ3) is 1.55. The highest BCUT2D eigenvalue weighted by atomic mass is 32.2. The van der Waals surface area contributed by atoms with Crippen molar-refractivity contribution in [2.45, 2.75) is 17.6 Å². The van der Waals surface area contributed by atoms with Gasteiger partial charge in [0, 0.05) is 30.4 Å². The van der Waals surface area contributed by atoms with E-state index in [9.17, 15) is 0 Å². The Morgan fingerprint density at radius 3 is 2.64 bits per heavy atom.